The predicted octanol–water partition coefficient (Wildman–Crippen LogP) is 3.57. The largest absolute Gasteiger partial charge is 0.394 e. The molecule has 0 aromatic heterocycles. The molecular formula is C12H26O2Si. The second-order valence-electron chi connectivity index (χ2n) is 4.99. The lowest BCUT2D eigenvalue weighted by Gasteiger charge is -2.34. The normalized spacial score (nSPS) is 31.0. The average molecular weight is 230 g/mol. The van der Waals surface area contributed by atoms with Gasteiger partial charge in [-0.2, -0.15) is 0 Å². The molecule has 15 heavy (non-hydrogen) atoms. The molecule has 0 aliphatic heterocycles. The molecule has 0 saturated heterocycles. The molecular weight excluding hydrogens is 204 g/mol. The van der Waals surface area contributed by atoms with Gasteiger partial charge in [0.1, 0.15) is 0 Å². The fourth-order valence-corrected chi connectivity index (χ4v) is 7.57. The van der Waals surface area contributed by atoms with Crippen molar-refractivity contribution in [1.82, 2.24) is 0 Å². The lowest BCUT2D eigenvalue weighted by molar-refractivity contribution is 0.171. The van der Waals surface area contributed by atoms with Crippen LogP contribution >= 0.6 is 0 Å². The summed E-state index contributed by atoms with van der Waals surface area (Å²) in [5.74, 6) is 1.58. The first kappa shape index (κ1) is 13.2. The van der Waals surface area contributed by atoms with Crippen molar-refractivity contribution in [3.8, 4) is 0 Å². The van der Waals surface area contributed by atoms with Crippen LogP contribution in [0, 0.1) is 11.8 Å². The summed E-state index contributed by atoms with van der Waals surface area (Å²) in [6.07, 6.45) is 0. The minimum atomic E-state index is -1.97. The van der Waals surface area contributed by atoms with Crippen LogP contribution < -0.4 is 0 Å². The van der Waals surface area contributed by atoms with E-state index in [-0.39, 0.29) is 0 Å². The Balaban J connectivity index is 2.82. The maximum Gasteiger partial charge on any atom is 0.344 e. The molecule has 2 unspecified atom stereocenters. The first-order chi connectivity index (χ1) is 7.01. The minimum Gasteiger partial charge on any atom is -0.394 e. The molecule has 0 amide bonds. The summed E-state index contributed by atoms with van der Waals surface area (Å²) in [5, 5.41) is 0. The van der Waals surface area contributed by atoms with Crippen molar-refractivity contribution in [2.24, 2.45) is 11.8 Å². The Labute approximate surface area is 95.6 Å². The highest BCUT2D eigenvalue weighted by molar-refractivity contribution is 6.71. The molecule has 2 nitrogen and oxygen atoms in total. The van der Waals surface area contributed by atoms with Gasteiger partial charge >= 0.3 is 8.56 Å². The Kier molecular flexibility index (Phi) is 4.38. The Hall–Kier alpha value is 0.137. The zero-order chi connectivity index (χ0) is 11.6. The van der Waals surface area contributed by atoms with E-state index in [0.29, 0.717) is 11.1 Å². The Morgan fingerprint density at radius 2 is 1.40 bits per heavy atom. The van der Waals surface area contributed by atoms with E-state index in [4.69, 9.17) is 8.85 Å². The highest BCUT2D eigenvalue weighted by Gasteiger charge is 2.62. The topological polar surface area (TPSA) is 18.5 Å². The molecule has 2 atom stereocenters. The highest BCUT2D eigenvalue weighted by Crippen LogP contribution is 2.60. The Bertz CT molecular complexity index is 192. The van der Waals surface area contributed by atoms with Gasteiger partial charge in [0.05, 0.1) is 0 Å². The van der Waals surface area contributed by atoms with Gasteiger partial charge in [-0.25, -0.2) is 0 Å². The third kappa shape index (κ3) is 2.29. The van der Waals surface area contributed by atoms with E-state index >= 15 is 0 Å². The molecule has 1 saturated carbocycles. The van der Waals surface area contributed by atoms with Gasteiger partial charge in [0, 0.05) is 18.8 Å². The smallest absolute Gasteiger partial charge is 0.344 e. The molecule has 90 valence electrons. The fourth-order valence-electron chi connectivity index (χ4n) is 2.80. The summed E-state index contributed by atoms with van der Waals surface area (Å²) in [7, 11) is -1.97. The van der Waals surface area contributed by atoms with Crippen molar-refractivity contribution in [3.63, 3.8) is 0 Å². The second-order valence-corrected chi connectivity index (χ2v) is 8.83. The predicted molar refractivity (Wildman–Crippen MR) is 66.2 cm³/mol. The Morgan fingerprint density at radius 3 is 1.60 bits per heavy atom. The van der Waals surface area contributed by atoms with E-state index in [1.807, 2.05) is 0 Å². The van der Waals surface area contributed by atoms with Crippen LogP contribution in [0.25, 0.3) is 0 Å². The summed E-state index contributed by atoms with van der Waals surface area (Å²) in [4.78, 5) is 0. The van der Waals surface area contributed by atoms with Gasteiger partial charge in [-0.15, -0.1) is 0 Å². The molecule has 3 heteroatoms. The SMILES string of the molecule is CCO[Si](OCC)(C(C)C)C1C(C)C1C. The number of hydrogen-bond donors (Lipinski definition) is 0. The number of rotatable bonds is 6. The molecule has 1 rings (SSSR count). The van der Waals surface area contributed by atoms with E-state index in [1.165, 1.54) is 0 Å². The average Bonchev–Trinajstić information content (AvgIpc) is 2.74. The molecule has 0 heterocycles. The van der Waals surface area contributed by atoms with Crippen LogP contribution in [-0.4, -0.2) is 21.8 Å². The first-order valence-corrected chi connectivity index (χ1v) is 8.26. The maximum atomic E-state index is 6.11. The van der Waals surface area contributed by atoms with Crippen molar-refractivity contribution < 1.29 is 8.85 Å². The van der Waals surface area contributed by atoms with Crippen molar-refractivity contribution in [2.75, 3.05) is 13.2 Å². The van der Waals surface area contributed by atoms with Crippen LogP contribution in [0.3, 0.4) is 0 Å². The third-order valence-electron chi connectivity index (χ3n) is 3.83. The van der Waals surface area contributed by atoms with Crippen molar-refractivity contribution in [1.29, 1.82) is 0 Å². The highest BCUT2D eigenvalue weighted by atomic mass is 28.4. The van der Waals surface area contributed by atoms with Crippen molar-refractivity contribution in [3.05, 3.63) is 0 Å². The third-order valence-corrected chi connectivity index (χ3v) is 8.90. The molecule has 0 bridgehead atoms. The zero-order valence-corrected chi connectivity index (χ0v) is 12.0. The van der Waals surface area contributed by atoms with Gasteiger partial charge in [0.25, 0.3) is 0 Å². The zero-order valence-electron chi connectivity index (χ0n) is 11.0. The number of hydrogen-bond acceptors (Lipinski definition) is 2. The summed E-state index contributed by atoms with van der Waals surface area (Å²) in [6.45, 7) is 14.9. The quantitative estimate of drug-likeness (QED) is 0.650. The van der Waals surface area contributed by atoms with E-state index in [2.05, 4.69) is 41.5 Å². The Morgan fingerprint density at radius 1 is 1.00 bits per heavy atom. The van der Waals surface area contributed by atoms with Crippen molar-refractivity contribution in [2.45, 2.75) is 52.6 Å². The van der Waals surface area contributed by atoms with Crippen LogP contribution in [0.2, 0.25) is 11.1 Å². The fraction of sp³-hybridized carbons (Fsp3) is 1.00. The van der Waals surface area contributed by atoms with Crippen LogP contribution in [0.1, 0.15) is 41.5 Å². The maximum absolute atomic E-state index is 6.11. The van der Waals surface area contributed by atoms with Gasteiger partial charge in [-0.05, 0) is 31.2 Å². The van der Waals surface area contributed by atoms with E-state index in [0.717, 1.165) is 25.0 Å². The van der Waals surface area contributed by atoms with E-state index < -0.39 is 8.56 Å². The van der Waals surface area contributed by atoms with Gasteiger partial charge in [-0.3, -0.25) is 0 Å². The van der Waals surface area contributed by atoms with Gasteiger partial charge in [0.15, 0.2) is 0 Å². The standard InChI is InChI=1S/C12H26O2Si/c1-7-13-15(9(3)4,14-8-2)12-10(5)11(12)6/h9-12H,7-8H2,1-6H3. The van der Waals surface area contributed by atoms with Gasteiger partial charge < -0.3 is 8.85 Å². The molecule has 0 aromatic carbocycles. The summed E-state index contributed by atoms with van der Waals surface area (Å²) in [5.41, 5.74) is 1.26. The van der Waals surface area contributed by atoms with Crippen LogP contribution in [-0.2, 0) is 8.85 Å². The minimum absolute atomic E-state index is 0.551. The van der Waals surface area contributed by atoms with Crippen LogP contribution in [0.4, 0.5) is 0 Å². The second kappa shape index (κ2) is 4.98. The molecule has 1 aliphatic carbocycles. The van der Waals surface area contributed by atoms with Gasteiger partial charge in [0.2, 0.25) is 0 Å². The summed E-state index contributed by atoms with van der Waals surface area (Å²) in [6, 6.07) is 0. The summed E-state index contributed by atoms with van der Waals surface area (Å²) < 4.78 is 12.2. The van der Waals surface area contributed by atoms with Crippen LogP contribution in [0.5, 0.6) is 0 Å². The molecule has 0 aromatic rings. The molecule has 0 N–H and O–H groups in total. The molecule has 0 radical (unpaired) electrons. The first-order valence-electron chi connectivity index (χ1n) is 6.29. The lowest BCUT2D eigenvalue weighted by atomic mass is 10.4. The van der Waals surface area contributed by atoms with Gasteiger partial charge in [-0.1, -0.05) is 27.7 Å². The van der Waals surface area contributed by atoms with Crippen molar-refractivity contribution >= 4 is 8.56 Å². The van der Waals surface area contributed by atoms with E-state index in [1.54, 1.807) is 0 Å². The summed E-state index contributed by atoms with van der Waals surface area (Å²) >= 11 is 0. The molecule has 1 fully saturated rings. The lowest BCUT2D eigenvalue weighted by Crippen LogP contribution is -2.47. The van der Waals surface area contributed by atoms with E-state index in [9.17, 15) is 0 Å². The molecule has 1 aliphatic rings. The van der Waals surface area contributed by atoms with Crippen LogP contribution in [0.15, 0.2) is 0 Å². The molecule has 0 spiro atoms. The monoisotopic (exact) mass is 230 g/mol.